The van der Waals surface area contributed by atoms with Crippen LogP contribution in [0.4, 0.5) is 17.5 Å². The van der Waals surface area contributed by atoms with Gasteiger partial charge in [-0.3, -0.25) is 0 Å². The van der Waals surface area contributed by atoms with Crippen molar-refractivity contribution in [1.29, 1.82) is 0 Å². The van der Waals surface area contributed by atoms with Gasteiger partial charge in [0.15, 0.2) is 5.11 Å². The number of methoxy groups -OCH3 is 1. The number of nitrogens with one attached hydrogen (secondary N) is 3. The molecule has 1 heterocycles. The Morgan fingerprint density at radius 1 is 1.09 bits per heavy atom. The topological polar surface area (TPSA) is 74.3 Å². The predicted octanol–water partition coefficient (Wildman–Crippen LogP) is 4.79. The summed E-state index contributed by atoms with van der Waals surface area (Å²) in [5.41, 5.74) is 3.30. The molecule has 2 aliphatic carbocycles. The van der Waals surface area contributed by atoms with E-state index >= 15 is 0 Å². The van der Waals surface area contributed by atoms with Gasteiger partial charge in [0.2, 0.25) is 5.95 Å². The van der Waals surface area contributed by atoms with Crippen LogP contribution in [-0.2, 0) is 12.8 Å². The maximum absolute atomic E-state index is 6.12. The maximum atomic E-state index is 6.12. The molecule has 0 amide bonds. The van der Waals surface area contributed by atoms with Crippen molar-refractivity contribution in [2.24, 2.45) is 0 Å². The SMILES string of the molecule is COc1ccc(Cl)cc1NC(=S)N[C@H]1CC[C@@H](Nc2nc3c(c(N(C)C)n2)CCCC3)CC1. The van der Waals surface area contributed by atoms with Crippen molar-refractivity contribution in [2.45, 2.75) is 63.5 Å². The fourth-order valence-electron chi connectivity index (χ4n) is 4.70. The van der Waals surface area contributed by atoms with E-state index in [9.17, 15) is 0 Å². The lowest BCUT2D eigenvalue weighted by Gasteiger charge is -2.31. The number of aryl methyl sites for hydroxylation is 1. The molecule has 9 heteroatoms. The Morgan fingerprint density at radius 2 is 1.82 bits per heavy atom. The van der Waals surface area contributed by atoms with Crippen LogP contribution in [0.1, 0.15) is 49.8 Å². The molecule has 0 radical (unpaired) electrons. The Labute approximate surface area is 206 Å². The molecular weight excluding hydrogens is 456 g/mol. The Kier molecular flexibility index (Phi) is 7.75. The molecule has 33 heavy (non-hydrogen) atoms. The molecule has 0 bridgehead atoms. The van der Waals surface area contributed by atoms with E-state index in [2.05, 4.69) is 34.9 Å². The largest absolute Gasteiger partial charge is 0.495 e. The number of rotatable bonds is 6. The molecule has 3 N–H and O–H groups in total. The molecule has 0 unspecified atom stereocenters. The van der Waals surface area contributed by atoms with Gasteiger partial charge in [-0.2, -0.15) is 4.98 Å². The van der Waals surface area contributed by atoms with Gasteiger partial charge in [0.05, 0.1) is 18.5 Å². The number of anilines is 3. The van der Waals surface area contributed by atoms with Crippen LogP contribution < -0.4 is 25.6 Å². The molecule has 4 rings (SSSR count). The van der Waals surface area contributed by atoms with Crippen LogP contribution >= 0.6 is 23.8 Å². The van der Waals surface area contributed by atoms with E-state index in [-0.39, 0.29) is 0 Å². The number of hydrogen-bond acceptors (Lipinski definition) is 6. The second-order valence-electron chi connectivity index (χ2n) is 9.03. The minimum Gasteiger partial charge on any atom is -0.495 e. The van der Waals surface area contributed by atoms with Crippen molar-refractivity contribution in [1.82, 2.24) is 15.3 Å². The zero-order chi connectivity index (χ0) is 23.4. The van der Waals surface area contributed by atoms with Gasteiger partial charge in [0.1, 0.15) is 11.6 Å². The van der Waals surface area contributed by atoms with Crippen LogP contribution in [0.2, 0.25) is 5.02 Å². The number of fused-ring (bicyclic) bond motifs is 1. The van der Waals surface area contributed by atoms with Crippen LogP contribution in [-0.4, -0.2) is 48.4 Å². The zero-order valence-electron chi connectivity index (χ0n) is 19.6. The van der Waals surface area contributed by atoms with Crippen molar-refractivity contribution in [3.8, 4) is 5.75 Å². The molecule has 2 aromatic rings. The van der Waals surface area contributed by atoms with Crippen molar-refractivity contribution >= 4 is 46.4 Å². The first-order valence-electron chi connectivity index (χ1n) is 11.7. The highest BCUT2D eigenvalue weighted by molar-refractivity contribution is 7.80. The average molecular weight is 489 g/mol. The molecule has 0 saturated heterocycles. The third kappa shape index (κ3) is 5.98. The van der Waals surface area contributed by atoms with Crippen LogP contribution in [0.5, 0.6) is 5.75 Å². The van der Waals surface area contributed by atoms with Crippen LogP contribution in [0.3, 0.4) is 0 Å². The molecular formula is C24H33ClN6OS. The number of hydrogen-bond donors (Lipinski definition) is 3. The normalized spacial score (nSPS) is 19.9. The smallest absolute Gasteiger partial charge is 0.225 e. The van der Waals surface area contributed by atoms with E-state index in [4.69, 9.17) is 38.5 Å². The maximum Gasteiger partial charge on any atom is 0.225 e. The zero-order valence-corrected chi connectivity index (χ0v) is 21.2. The fraction of sp³-hybridized carbons (Fsp3) is 0.542. The fourth-order valence-corrected chi connectivity index (χ4v) is 5.14. The first-order chi connectivity index (χ1) is 15.9. The van der Waals surface area contributed by atoms with Gasteiger partial charge in [-0.15, -0.1) is 0 Å². The summed E-state index contributed by atoms with van der Waals surface area (Å²) < 4.78 is 5.39. The molecule has 0 spiro atoms. The Bertz CT molecular complexity index is 993. The number of thiocarbonyl (C=S) groups is 1. The van der Waals surface area contributed by atoms with Gasteiger partial charge in [0, 0.05) is 36.8 Å². The summed E-state index contributed by atoms with van der Waals surface area (Å²) in [5, 5.41) is 11.5. The van der Waals surface area contributed by atoms with Crippen LogP contribution in [0, 0.1) is 0 Å². The second-order valence-corrected chi connectivity index (χ2v) is 9.88. The lowest BCUT2D eigenvalue weighted by Crippen LogP contribution is -2.42. The van der Waals surface area contributed by atoms with E-state index < -0.39 is 0 Å². The van der Waals surface area contributed by atoms with Crippen molar-refractivity contribution < 1.29 is 4.74 Å². The molecule has 1 aromatic carbocycles. The Balaban J connectivity index is 1.31. The number of benzene rings is 1. The van der Waals surface area contributed by atoms with E-state index in [0.717, 1.165) is 56.0 Å². The van der Waals surface area contributed by atoms with E-state index in [0.29, 0.717) is 28.0 Å². The molecule has 1 aromatic heterocycles. The van der Waals surface area contributed by atoms with E-state index in [1.165, 1.54) is 24.1 Å². The molecule has 1 fully saturated rings. The molecule has 0 aliphatic heterocycles. The third-order valence-electron chi connectivity index (χ3n) is 6.39. The van der Waals surface area contributed by atoms with Gasteiger partial charge in [-0.1, -0.05) is 11.6 Å². The van der Waals surface area contributed by atoms with Crippen molar-refractivity contribution in [3.05, 3.63) is 34.5 Å². The highest BCUT2D eigenvalue weighted by Crippen LogP contribution is 2.30. The van der Waals surface area contributed by atoms with Gasteiger partial charge in [-0.25, -0.2) is 4.98 Å². The molecule has 7 nitrogen and oxygen atoms in total. The van der Waals surface area contributed by atoms with E-state index in [1.807, 2.05) is 12.1 Å². The second kappa shape index (κ2) is 10.7. The summed E-state index contributed by atoms with van der Waals surface area (Å²) in [6, 6.07) is 6.14. The number of ether oxygens (including phenoxy) is 1. The van der Waals surface area contributed by atoms with Gasteiger partial charge in [-0.05, 0) is 81.8 Å². The summed E-state index contributed by atoms with van der Waals surface area (Å²) in [5.74, 6) is 2.53. The summed E-state index contributed by atoms with van der Waals surface area (Å²) in [6.45, 7) is 0. The van der Waals surface area contributed by atoms with Gasteiger partial charge >= 0.3 is 0 Å². The van der Waals surface area contributed by atoms with Gasteiger partial charge in [0.25, 0.3) is 0 Å². The first-order valence-corrected chi connectivity index (χ1v) is 12.5. The minimum absolute atomic E-state index is 0.329. The molecule has 178 valence electrons. The summed E-state index contributed by atoms with van der Waals surface area (Å²) in [7, 11) is 5.76. The Hall–Kier alpha value is -2.32. The number of aromatic nitrogens is 2. The predicted molar refractivity (Wildman–Crippen MR) is 140 cm³/mol. The van der Waals surface area contributed by atoms with Crippen molar-refractivity contribution in [3.63, 3.8) is 0 Å². The Morgan fingerprint density at radius 3 is 2.55 bits per heavy atom. The summed E-state index contributed by atoms with van der Waals surface area (Å²) in [6.07, 6.45) is 8.69. The van der Waals surface area contributed by atoms with E-state index in [1.54, 1.807) is 13.2 Å². The highest BCUT2D eigenvalue weighted by Gasteiger charge is 2.24. The number of halogens is 1. The number of nitrogens with zero attached hydrogens (tertiary/aromatic N) is 3. The first kappa shape index (κ1) is 23.8. The molecule has 1 saturated carbocycles. The summed E-state index contributed by atoms with van der Waals surface area (Å²) in [4.78, 5) is 11.8. The third-order valence-corrected chi connectivity index (χ3v) is 6.85. The quantitative estimate of drug-likeness (QED) is 0.501. The average Bonchev–Trinajstić information content (AvgIpc) is 2.80. The molecule has 0 atom stereocenters. The van der Waals surface area contributed by atoms with Crippen molar-refractivity contribution in [2.75, 3.05) is 36.7 Å². The monoisotopic (exact) mass is 488 g/mol. The minimum atomic E-state index is 0.329. The molecule has 2 aliphatic rings. The standard InChI is InChI=1S/C24H33ClN6OS/c1-31(2)22-18-6-4-5-7-19(18)28-23(30-22)26-16-9-11-17(12-10-16)27-24(33)29-20-14-15(25)8-13-21(20)32-3/h8,13-14,16-17H,4-7,9-12H2,1-3H3,(H,26,28,30)(H2,27,29,33)/t16-,17+. The lowest BCUT2D eigenvalue weighted by molar-refractivity contribution is 0.387. The van der Waals surface area contributed by atoms with Crippen LogP contribution in [0.15, 0.2) is 18.2 Å². The summed E-state index contributed by atoms with van der Waals surface area (Å²) >= 11 is 11.7. The van der Waals surface area contributed by atoms with Gasteiger partial charge < -0.3 is 25.6 Å². The highest BCUT2D eigenvalue weighted by atomic mass is 35.5. The van der Waals surface area contributed by atoms with Crippen LogP contribution in [0.25, 0.3) is 0 Å². The lowest BCUT2D eigenvalue weighted by atomic mass is 9.91.